The van der Waals surface area contributed by atoms with Crippen molar-refractivity contribution >= 4 is 11.0 Å². The van der Waals surface area contributed by atoms with Crippen LogP contribution in [0.25, 0.3) is 33.3 Å². The minimum Gasteiger partial charge on any atom is -0.496 e. The lowest BCUT2D eigenvalue weighted by Gasteiger charge is -2.09. The van der Waals surface area contributed by atoms with Gasteiger partial charge in [0.05, 0.1) is 13.7 Å². The number of hydrogen-bond donors (Lipinski definition) is 2. The third kappa shape index (κ3) is 2.82. The van der Waals surface area contributed by atoms with E-state index in [4.69, 9.17) is 4.74 Å². The largest absolute Gasteiger partial charge is 0.496 e. The molecule has 0 aliphatic carbocycles. The number of nitrogens with one attached hydrogen (secondary N) is 1. The number of nitrogens with zero attached hydrogens (tertiary/aromatic N) is 1. The lowest BCUT2D eigenvalue weighted by molar-refractivity contribution is 0.274. The summed E-state index contributed by atoms with van der Waals surface area (Å²) in [6.07, 6.45) is 3.67. The molecule has 2 aromatic heterocycles. The Morgan fingerprint density at radius 2 is 1.81 bits per heavy atom. The van der Waals surface area contributed by atoms with E-state index in [1.54, 1.807) is 25.4 Å². The third-order valence-electron chi connectivity index (χ3n) is 4.48. The van der Waals surface area contributed by atoms with E-state index in [1.807, 2.05) is 30.5 Å². The summed E-state index contributed by atoms with van der Waals surface area (Å²) in [7, 11) is 1.58. The molecular weight excluding hydrogens is 331 g/mol. The number of benzene rings is 2. The van der Waals surface area contributed by atoms with E-state index in [1.165, 1.54) is 12.1 Å². The molecule has 4 aromatic rings. The van der Waals surface area contributed by atoms with E-state index >= 15 is 0 Å². The van der Waals surface area contributed by atoms with Gasteiger partial charge in [0, 0.05) is 34.5 Å². The van der Waals surface area contributed by atoms with Gasteiger partial charge in [-0.15, -0.1) is 0 Å². The van der Waals surface area contributed by atoms with Crippen LogP contribution < -0.4 is 4.74 Å². The predicted molar refractivity (Wildman–Crippen MR) is 99.4 cm³/mol. The first-order valence-corrected chi connectivity index (χ1v) is 8.21. The summed E-state index contributed by atoms with van der Waals surface area (Å²) in [5.41, 5.74) is 5.27. The minimum atomic E-state index is -0.261. The number of ether oxygens (including phenoxy) is 1. The zero-order valence-electron chi connectivity index (χ0n) is 14.2. The first-order valence-electron chi connectivity index (χ1n) is 8.21. The normalized spacial score (nSPS) is 11.0. The molecule has 4 rings (SSSR count). The molecule has 0 aliphatic heterocycles. The van der Waals surface area contributed by atoms with Gasteiger partial charge in [-0.3, -0.25) is 0 Å². The number of aliphatic hydroxyl groups is 1. The SMILES string of the molecule is COc1cc(-c2cnc3[nH]cc(-c4ccc(F)cc4)c3c2)ccc1CO. The van der Waals surface area contributed by atoms with Crippen molar-refractivity contribution in [2.45, 2.75) is 6.61 Å². The molecule has 0 atom stereocenters. The van der Waals surface area contributed by atoms with Crippen molar-refractivity contribution in [2.24, 2.45) is 0 Å². The average molecular weight is 348 g/mol. The lowest BCUT2D eigenvalue weighted by Crippen LogP contribution is -1.92. The van der Waals surface area contributed by atoms with Crippen LogP contribution in [0.15, 0.2) is 60.9 Å². The van der Waals surface area contributed by atoms with Crippen molar-refractivity contribution in [3.63, 3.8) is 0 Å². The van der Waals surface area contributed by atoms with Crippen molar-refractivity contribution in [1.29, 1.82) is 0 Å². The van der Waals surface area contributed by atoms with Crippen LogP contribution in [0.2, 0.25) is 0 Å². The molecule has 2 aromatic carbocycles. The molecule has 0 spiro atoms. The van der Waals surface area contributed by atoms with E-state index in [0.29, 0.717) is 5.75 Å². The molecule has 0 saturated carbocycles. The molecule has 0 unspecified atom stereocenters. The monoisotopic (exact) mass is 348 g/mol. The number of aromatic nitrogens is 2. The summed E-state index contributed by atoms with van der Waals surface area (Å²) in [6, 6.07) is 14.1. The van der Waals surface area contributed by atoms with Gasteiger partial charge in [-0.25, -0.2) is 9.37 Å². The number of halogens is 1. The van der Waals surface area contributed by atoms with Gasteiger partial charge in [0.2, 0.25) is 0 Å². The van der Waals surface area contributed by atoms with Gasteiger partial charge < -0.3 is 14.8 Å². The highest BCUT2D eigenvalue weighted by Crippen LogP contribution is 2.32. The molecular formula is C21H17FN2O2. The van der Waals surface area contributed by atoms with Gasteiger partial charge in [0.25, 0.3) is 0 Å². The van der Waals surface area contributed by atoms with E-state index < -0.39 is 0 Å². The number of pyridine rings is 1. The molecule has 26 heavy (non-hydrogen) atoms. The van der Waals surface area contributed by atoms with Crippen LogP contribution in [-0.2, 0) is 6.61 Å². The van der Waals surface area contributed by atoms with Crippen LogP contribution in [-0.4, -0.2) is 22.2 Å². The summed E-state index contributed by atoms with van der Waals surface area (Å²) in [5, 5.41) is 10.3. The van der Waals surface area contributed by atoms with Gasteiger partial charge in [-0.05, 0) is 35.4 Å². The molecule has 4 nitrogen and oxygen atoms in total. The van der Waals surface area contributed by atoms with Crippen LogP contribution in [0.1, 0.15) is 5.56 Å². The highest BCUT2D eigenvalue weighted by atomic mass is 19.1. The molecule has 130 valence electrons. The molecule has 0 fully saturated rings. The van der Waals surface area contributed by atoms with Gasteiger partial charge >= 0.3 is 0 Å². The highest BCUT2D eigenvalue weighted by Gasteiger charge is 2.11. The molecule has 0 radical (unpaired) electrons. The first kappa shape index (κ1) is 16.3. The summed E-state index contributed by atoms with van der Waals surface area (Å²) < 4.78 is 18.6. The van der Waals surface area contributed by atoms with Gasteiger partial charge in [0.1, 0.15) is 17.2 Å². The molecule has 0 aliphatic rings. The number of methoxy groups -OCH3 is 1. The fraction of sp³-hybridized carbons (Fsp3) is 0.0952. The van der Waals surface area contributed by atoms with Crippen molar-refractivity contribution in [3.8, 4) is 28.0 Å². The van der Waals surface area contributed by atoms with Crippen molar-refractivity contribution in [3.05, 3.63) is 72.3 Å². The van der Waals surface area contributed by atoms with Gasteiger partial charge in [-0.1, -0.05) is 24.3 Å². The molecule has 0 bridgehead atoms. The minimum absolute atomic E-state index is 0.0761. The Labute approximate surface area is 149 Å². The topological polar surface area (TPSA) is 58.1 Å². The second kappa shape index (κ2) is 6.61. The molecule has 2 N–H and O–H groups in total. The maximum Gasteiger partial charge on any atom is 0.137 e. The number of aromatic amines is 1. The molecule has 2 heterocycles. The predicted octanol–water partition coefficient (Wildman–Crippen LogP) is 4.54. The lowest BCUT2D eigenvalue weighted by atomic mass is 10.0. The molecule has 5 heteroatoms. The Kier molecular flexibility index (Phi) is 4.14. The van der Waals surface area contributed by atoms with Crippen LogP contribution in [0.5, 0.6) is 5.75 Å². The summed E-state index contributed by atoms with van der Waals surface area (Å²) in [4.78, 5) is 7.66. The van der Waals surface area contributed by atoms with Gasteiger partial charge in [-0.2, -0.15) is 0 Å². The molecule has 0 amide bonds. The quantitative estimate of drug-likeness (QED) is 0.569. The van der Waals surface area contributed by atoms with E-state index in [-0.39, 0.29) is 12.4 Å². The van der Waals surface area contributed by atoms with Crippen LogP contribution >= 0.6 is 0 Å². The Morgan fingerprint density at radius 1 is 1.04 bits per heavy atom. The van der Waals surface area contributed by atoms with E-state index in [2.05, 4.69) is 9.97 Å². The Hall–Kier alpha value is -3.18. The Balaban J connectivity index is 1.83. The number of rotatable bonds is 4. The van der Waals surface area contributed by atoms with Crippen molar-refractivity contribution in [1.82, 2.24) is 9.97 Å². The number of hydrogen-bond acceptors (Lipinski definition) is 3. The summed E-state index contributed by atoms with van der Waals surface area (Å²) >= 11 is 0. The third-order valence-corrected chi connectivity index (χ3v) is 4.48. The summed E-state index contributed by atoms with van der Waals surface area (Å²) in [6.45, 7) is -0.0761. The molecule has 0 saturated heterocycles. The zero-order chi connectivity index (χ0) is 18.1. The second-order valence-electron chi connectivity index (χ2n) is 6.01. The standard InChI is InChI=1S/C21H17FN2O2/c1-26-20-9-14(2-3-15(20)12-25)16-8-18-19(11-24-21(18)23-10-16)13-4-6-17(22)7-5-13/h2-11,25H,12H2,1H3,(H,23,24). The van der Waals surface area contributed by atoms with E-state index in [0.717, 1.165) is 38.9 Å². The average Bonchev–Trinajstić information content (AvgIpc) is 3.11. The smallest absolute Gasteiger partial charge is 0.137 e. The maximum absolute atomic E-state index is 13.2. The first-order chi connectivity index (χ1) is 12.7. The highest BCUT2D eigenvalue weighted by molar-refractivity contribution is 5.95. The summed E-state index contributed by atoms with van der Waals surface area (Å²) in [5.74, 6) is 0.376. The fourth-order valence-electron chi connectivity index (χ4n) is 3.08. The van der Waals surface area contributed by atoms with E-state index in [9.17, 15) is 9.50 Å². The van der Waals surface area contributed by atoms with Gasteiger partial charge in [0.15, 0.2) is 0 Å². The Morgan fingerprint density at radius 3 is 2.54 bits per heavy atom. The number of fused-ring (bicyclic) bond motifs is 1. The number of aliphatic hydroxyl groups excluding tert-OH is 1. The maximum atomic E-state index is 13.2. The fourth-order valence-corrected chi connectivity index (χ4v) is 3.08. The van der Waals surface area contributed by atoms with Crippen LogP contribution in [0, 0.1) is 5.82 Å². The van der Waals surface area contributed by atoms with Crippen molar-refractivity contribution < 1.29 is 14.2 Å². The van der Waals surface area contributed by atoms with Crippen LogP contribution in [0.4, 0.5) is 4.39 Å². The van der Waals surface area contributed by atoms with Crippen LogP contribution in [0.3, 0.4) is 0 Å². The second-order valence-corrected chi connectivity index (χ2v) is 6.01. The van der Waals surface area contributed by atoms with Crippen molar-refractivity contribution in [2.75, 3.05) is 7.11 Å². The zero-order valence-corrected chi connectivity index (χ0v) is 14.2. The Bertz CT molecular complexity index is 1070. The number of H-pyrrole nitrogens is 1.